The molecule has 2 aromatic carbocycles. The molecule has 0 fully saturated rings. The van der Waals surface area contributed by atoms with Crippen LogP contribution < -0.4 is 0 Å². The predicted octanol–water partition coefficient (Wildman–Crippen LogP) is 4.26. The molecule has 0 aromatic heterocycles. The number of fused-ring (bicyclic) bond motifs is 1. The fourth-order valence-corrected chi connectivity index (χ4v) is 1.07. The van der Waals surface area contributed by atoms with E-state index in [9.17, 15) is 0 Å². The zero-order chi connectivity index (χ0) is 10.4. The molecule has 0 nitrogen and oxygen atoms in total. The molecule has 77 valence electrons. The monoisotopic (exact) mass is 273 g/mol. The fourth-order valence-electron chi connectivity index (χ4n) is 1.07. The van der Waals surface area contributed by atoms with Crippen molar-refractivity contribution >= 4 is 10.8 Å². The van der Waals surface area contributed by atoms with E-state index in [1.807, 2.05) is 24.3 Å². The Hall–Kier alpha value is -0.196. The van der Waals surface area contributed by atoms with Crippen molar-refractivity contribution in [3.8, 4) is 0 Å². The van der Waals surface area contributed by atoms with Gasteiger partial charge in [0.2, 0.25) is 0 Å². The molecule has 0 heterocycles. The van der Waals surface area contributed by atoms with E-state index in [1.165, 1.54) is 16.7 Å². The van der Waals surface area contributed by atoms with Crippen LogP contribution in [-0.2, 0) is 32.7 Å². The third-order valence-electron chi connectivity index (χ3n) is 1.59. The quantitative estimate of drug-likeness (QED) is 0.629. The van der Waals surface area contributed by atoms with Crippen LogP contribution in [0.1, 0.15) is 20.8 Å². The normalized spacial score (nSPS) is 9.07. The summed E-state index contributed by atoms with van der Waals surface area (Å²) < 4.78 is 0. The zero-order valence-electron chi connectivity index (χ0n) is 9.62. The molecule has 1 radical (unpaired) electrons. The molecule has 0 saturated carbocycles. The van der Waals surface area contributed by atoms with E-state index in [2.05, 4.69) is 45.0 Å². The largest absolute Gasteiger partial charge is 0.323 e. The standard InChI is InChI=1S/C10H7.C4H9.Y/c1-2-6-10-8-4-3-7-9(10)5-1;1-4(2)3;/h1-3,5-8H;1-3H3;/q2*-1;. The molecule has 15 heavy (non-hydrogen) atoms. The third-order valence-corrected chi connectivity index (χ3v) is 1.59. The third kappa shape index (κ3) is 6.07. The summed E-state index contributed by atoms with van der Waals surface area (Å²) in [6.07, 6.45) is 0. The van der Waals surface area contributed by atoms with Crippen molar-refractivity contribution < 1.29 is 32.7 Å². The molecule has 0 N–H and O–H groups in total. The Morgan fingerprint density at radius 1 is 0.933 bits per heavy atom. The minimum absolute atomic E-state index is 0. The van der Waals surface area contributed by atoms with Crippen LogP contribution in [0.25, 0.3) is 10.8 Å². The summed E-state index contributed by atoms with van der Waals surface area (Å²) in [5.41, 5.74) is 0. The van der Waals surface area contributed by atoms with E-state index in [1.54, 1.807) is 0 Å². The van der Waals surface area contributed by atoms with E-state index in [-0.39, 0.29) is 32.7 Å². The molecule has 0 aliphatic heterocycles. The smallest absolute Gasteiger partial charge is 0 e. The van der Waals surface area contributed by atoms with Crippen molar-refractivity contribution in [1.82, 2.24) is 0 Å². The average Bonchev–Trinajstić information content (AvgIpc) is 2.17. The maximum atomic E-state index is 3.04. The van der Waals surface area contributed by atoms with E-state index < -0.39 is 0 Å². The van der Waals surface area contributed by atoms with Crippen molar-refractivity contribution in [1.29, 1.82) is 0 Å². The Kier molecular flexibility index (Phi) is 7.91. The Balaban J connectivity index is 0.000000346. The summed E-state index contributed by atoms with van der Waals surface area (Å²) in [6, 6.07) is 17.3. The van der Waals surface area contributed by atoms with Crippen molar-refractivity contribution in [3.05, 3.63) is 54.4 Å². The number of benzene rings is 2. The summed E-state index contributed by atoms with van der Waals surface area (Å²) in [6.45, 7) is 6.25. The van der Waals surface area contributed by atoms with E-state index in [0.29, 0.717) is 0 Å². The van der Waals surface area contributed by atoms with Gasteiger partial charge in [-0.3, -0.25) is 0 Å². The van der Waals surface area contributed by atoms with Gasteiger partial charge < -0.3 is 5.92 Å². The first-order chi connectivity index (χ1) is 6.70. The molecule has 2 aromatic rings. The summed E-state index contributed by atoms with van der Waals surface area (Å²) in [5, 5.41) is 2.53. The van der Waals surface area contributed by atoms with E-state index in [4.69, 9.17) is 0 Å². The second-order valence-electron chi connectivity index (χ2n) is 3.77. The minimum Gasteiger partial charge on any atom is -0.323 e. The number of rotatable bonds is 0. The van der Waals surface area contributed by atoms with Crippen LogP contribution in [0.3, 0.4) is 0 Å². The Morgan fingerprint density at radius 2 is 1.47 bits per heavy atom. The molecule has 0 amide bonds. The van der Waals surface area contributed by atoms with Crippen LogP contribution in [0, 0.1) is 12.0 Å². The van der Waals surface area contributed by atoms with Crippen LogP contribution in [0.2, 0.25) is 0 Å². The van der Waals surface area contributed by atoms with Gasteiger partial charge in [-0.05, 0) is 0 Å². The van der Waals surface area contributed by atoms with Crippen molar-refractivity contribution in [2.45, 2.75) is 20.8 Å². The van der Waals surface area contributed by atoms with Gasteiger partial charge in [0.05, 0.1) is 0 Å². The summed E-state index contributed by atoms with van der Waals surface area (Å²) in [7, 11) is 0. The molecule has 0 unspecified atom stereocenters. The van der Waals surface area contributed by atoms with Crippen LogP contribution >= 0.6 is 0 Å². The molecule has 0 aliphatic rings. The van der Waals surface area contributed by atoms with Gasteiger partial charge >= 0.3 is 0 Å². The second kappa shape index (κ2) is 8.01. The molecule has 0 bridgehead atoms. The van der Waals surface area contributed by atoms with Crippen molar-refractivity contribution in [2.75, 3.05) is 0 Å². The Labute approximate surface area is 118 Å². The van der Waals surface area contributed by atoms with Gasteiger partial charge in [0, 0.05) is 32.7 Å². The Morgan fingerprint density at radius 3 is 2.00 bits per heavy atom. The predicted molar refractivity (Wildman–Crippen MR) is 63.0 cm³/mol. The summed E-state index contributed by atoms with van der Waals surface area (Å²) in [5.74, 6) is 1.42. The SMILES string of the molecule is C[C-](C)C.[Y].[c-]1ccc2ccccc2c1. The maximum Gasteiger partial charge on any atom is 0 e. The van der Waals surface area contributed by atoms with E-state index >= 15 is 0 Å². The van der Waals surface area contributed by atoms with Gasteiger partial charge in [-0.15, -0.1) is 16.8 Å². The number of hydrogen-bond donors (Lipinski definition) is 0. The second-order valence-corrected chi connectivity index (χ2v) is 3.77. The molecule has 0 saturated heterocycles. The summed E-state index contributed by atoms with van der Waals surface area (Å²) in [4.78, 5) is 0. The van der Waals surface area contributed by atoms with Crippen LogP contribution in [0.5, 0.6) is 0 Å². The average molecular weight is 273 g/mol. The maximum absolute atomic E-state index is 3.04. The topological polar surface area (TPSA) is 0 Å². The van der Waals surface area contributed by atoms with Crippen LogP contribution in [0.15, 0.2) is 42.5 Å². The van der Waals surface area contributed by atoms with E-state index in [0.717, 1.165) is 0 Å². The molecular formula is C14H16Y-2. The van der Waals surface area contributed by atoms with Gasteiger partial charge in [0.25, 0.3) is 0 Å². The molecule has 2 rings (SSSR count). The van der Waals surface area contributed by atoms with Gasteiger partial charge in [0.15, 0.2) is 0 Å². The van der Waals surface area contributed by atoms with Crippen molar-refractivity contribution in [3.63, 3.8) is 0 Å². The molecular weight excluding hydrogens is 257 g/mol. The van der Waals surface area contributed by atoms with Crippen LogP contribution in [-0.4, -0.2) is 0 Å². The van der Waals surface area contributed by atoms with Crippen LogP contribution in [0.4, 0.5) is 0 Å². The molecule has 1 heteroatoms. The minimum atomic E-state index is 0. The molecule has 0 spiro atoms. The zero-order valence-corrected chi connectivity index (χ0v) is 12.5. The first-order valence-corrected chi connectivity index (χ1v) is 4.82. The van der Waals surface area contributed by atoms with Gasteiger partial charge in [0.1, 0.15) is 0 Å². The van der Waals surface area contributed by atoms with Gasteiger partial charge in [-0.25, -0.2) is 0 Å². The van der Waals surface area contributed by atoms with Gasteiger partial charge in [-0.1, -0.05) is 18.2 Å². The fraction of sp³-hybridized carbons (Fsp3) is 0.214. The van der Waals surface area contributed by atoms with Gasteiger partial charge in [-0.2, -0.15) is 45.0 Å². The number of hydrogen-bond acceptors (Lipinski definition) is 0. The molecule has 0 aliphatic carbocycles. The molecule has 0 atom stereocenters. The van der Waals surface area contributed by atoms with Crippen molar-refractivity contribution in [2.24, 2.45) is 0 Å². The first kappa shape index (κ1) is 14.8. The first-order valence-electron chi connectivity index (χ1n) is 4.82. The summed E-state index contributed by atoms with van der Waals surface area (Å²) >= 11 is 0. The Bertz CT molecular complexity index is 312.